The van der Waals surface area contributed by atoms with Gasteiger partial charge >= 0.3 is 0 Å². The second-order valence-corrected chi connectivity index (χ2v) is 5.36. The smallest absolute Gasteiger partial charge is 0.142 e. The zero-order valence-corrected chi connectivity index (χ0v) is 12.4. The Morgan fingerprint density at radius 3 is 1.70 bits per heavy atom. The van der Waals surface area contributed by atoms with Crippen molar-refractivity contribution in [2.45, 2.75) is 0 Å². The molecule has 0 amide bonds. The van der Waals surface area contributed by atoms with Crippen molar-refractivity contribution in [3.05, 3.63) is 84.4 Å². The maximum Gasteiger partial charge on any atom is 0.142 e. The average molecular weight is 295 g/mol. The molecule has 1 heterocycles. The molecule has 0 N–H and O–H groups in total. The van der Waals surface area contributed by atoms with Crippen molar-refractivity contribution < 1.29 is 4.42 Å². The first-order chi connectivity index (χ1) is 11.4. The quantitative estimate of drug-likeness (QED) is 0.480. The molecule has 0 aliphatic carbocycles. The van der Waals surface area contributed by atoms with Crippen molar-refractivity contribution in [1.29, 1.82) is 5.26 Å². The summed E-state index contributed by atoms with van der Waals surface area (Å²) in [7, 11) is 0. The molecule has 0 saturated heterocycles. The molecular weight excluding hydrogens is 282 g/mol. The van der Waals surface area contributed by atoms with Crippen LogP contribution < -0.4 is 0 Å². The Morgan fingerprint density at radius 2 is 1.13 bits per heavy atom. The molecule has 23 heavy (non-hydrogen) atoms. The molecule has 0 saturated carbocycles. The van der Waals surface area contributed by atoms with Gasteiger partial charge in [0.25, 0.3) is 0 Å². The van der Waals surface area contributed by atoms with Crippen LogP contribution in [-0.4, -0.2) is 0 Å². The highest BCUT2D eigenvalue weighted by Crippen LogP contribution is 2.38. The molecule has 4 aromatic rings. The van der Waals surface area contributed by atoms with Crippen molar-refractivity contribution in [2.75, 3.05) is 0 Å². The van der Waals surface area contributed by atoms with Gasteiger partial charge in [0.15, 0.2) is 0 Å². The second kappa shape index (κ2) is 5.47. The Balaban J connectivity index is 1.96. The van der Waals surface area contributed by atoms with E-state index < -0.39 is 0 Å². The van der Waals surface area contributed by atoms with Gasteiger partial charge in [0, 0.05) is 21.9 Å². The highest BCUT2D eigenvalue weighted by Gasteiger charge is 2.15. The van der Waals surface area contributed by atoms with Crippen LogP contribution in [0.2, 0.25) is 0 Å². The minimum absolute atomic E-state index is 0.646. The molecule has 0 atom stereocenters. The molecule has 0 unspecified atom stereocenters. The molecular formula is C21H13NO. The molecule has 0 aliphatic heterocycles. The van der Waals surface area contributed by atoms with Crippen molar-refractivity contribution in [3.8, 4) is 28.7 Å². The predicted octanol–water partition coefficient (Wildman–Crippen LogP) is 5.64. The topological polar surface area (TPSA) is 36.9 Å². The van der Waals surface area contributed by atoms with E-state index in [1.165, 1.54) is 0 Å². The zero-order valence-electron chi connectivity index (χ0n) is 12.4. The summed E-state index contributed by atoms with van der Waals surface area (Å²) in [5.74, 6) is 1.71. The molecule has 3 aromatic carbocycles. The largest absolute Gasteiger partial charge is 0.455 e. The molecule has 2 nitrogen and oxygen atoms in total. The lowest BCUT2D eigenvalue weighted by atomic mass is 10.0. The molecule has 0 bridgehead atoms. The third kappa shape index (κ3) is 2.29. The molecule has 4 rings (SSSR count). The Morgan fingerprint density at radius 1 is 0.609 bits per heavy atom. The van der Waals surface area contributed by atoms with E-state index in [0.717, 1.165) is 33.4 Å². The fraction of sp³-hybridized carbons (Fsp3) is 0. The molecule has 0 spiro atoms. The van der Waals surface area contributed by atoms with Crippen molar-refractivity contribution in [2.24, 2.45) is 0 Å². The van der Waals surface area contributed by atoms with Gasteiger partial charge in [0.1, 0.15) is 11.5 Å². The van der Waals surface area contributed by atoms with Crippen molar-refractivity contribution in [3.63, 3.8) is 0 Å². The summed E-state index contributed by atoms with van der Waals surface area (Å²) in [6, 6.07) is 27.9. The van der Waals surface area contributed by atoms with Gasteiger partial charge in [0.05, 0.1) is 11.6 Å². The van der Waals surface area contributed by atoms with Crippen LogP contribution in [0, 0.1) is 11.3 Å². The summed E-state index contributed by atoms with van der Waals surface area (Å²) in [4.78, 5) is 0. The Bertz CT molecular complexity index is 1010. The third-order valence-corrected chi connectivity index (χ3v) is 3.93. The maximum absolute atomic E-state index is 8.95. The Hall–Kier alpha value is -3.31. The van der Waals surface area contributed by atoms with Gasteiger partial charge in [-0.1, -0.05) is 54.6 Å². The minimum Gasteiger partial charge on any atom is -0.455 e. The predicted molar refractivity (Wildman–Crippen MR) is 91.8 cm³/mol. The highest BCUT2D eigenvalue weighted by molar-refractivity contribution is 6.02. The number of benzene rings is 3. The maximum atomic E-state index is 8.95. The van der Waals surface area contributed by atoms with E-state index in [9.17, 15) is 0 Å². The van der Waals surface area contributed by atoms with E-state index in [-0.39, 0.29) is 0 Å². The van der Waals surface area contributed by atoms with Gasteiger partial charge in [0.2, 0.25) is 0 Å². The first-order valence-corrected chi connectivity index (χ1v) is 7.44. The van der Waals surface area contributed by atoms with Crippen LogP contribution in [-0.2, 0) is 0 Å². The number of rotatable bonds is 2. The van der Waals surface area contributed by atoms with Crippen LogP contribution in [0.25, 0.3) is 33.4 Å². The van der Waals surface area contributed by atoms with Crippen molar-refractivity contribution >= 4 is 10.8 Å². The molecule has 0 radical (unpaired) electrons. The lowest BCUT2D eigenvalue weighted by molar-refractivity contribution is 0.602. The number of nitrogens with zero attached hydrogens (tertiary/aromatic N) is 1. The Kier molecular flexibility index (Phi) is 3.18. The van der Waals surface area contributed by atoms with E-state index in [4.69, 9.17) is 9.68 Å². The number of fused-ring (bicyclic) bond motifs is 1. The normalized spacial score (nSPS) is 10.6. The summed E-state index contributed by atoms with van der Waals surface area (Å²) in [6.45, 7) is 0. The van der Waals surface area contributed by atoms with Gasteiger partial charge in [-0.25, -0.2) is 0 Å². The fourth-order valence-electron chi connectivity index (χ4n) is 2.81. The SMILES string of the molecule is N#Cc1ccc(-c2oc(-c3ccccc3)c3ccccc23)cc1. The monoisotopic (exact) mass is 295 g/mol. The number of hydrogen-bond donors (Lipinski definition) is 0. The second-order valence-electron chi connectivity index (χ2n) is 5.36. The molecule has 2 heteroatoms. The zero-order chi connectivity index (χ0) is 15.6. The van der Waals surface area contributed by atoms with Gasteiger partial charge in [-0.15, -0.1) is 0 Å². The average Bonchev–Trinajstić information content (AvgIpc) is 3.02. The molecule has 0 fully saturated rings. The Labute approximate surface area is 134 Å². The van der Waals surface area contributed by atoms with Crippen LogP contribution in [0.15, 0.2) is 83.3 Å². The van der Waals surface area contributed by atoms with Crippen LogP contribution in [0.5, 0.6) is 0 Å². The summed E-state index contributed by atoms with van der Waals surface area (Å²) >= 11 is 0. The standard InChI is InChI=1S/C21H13NO/c22-14-15-10-12-17(13-11-15)21-19-9-5-4-8-18(19)20(23-21)16-6-2-1-3-7-16/h1-13H. The number of nitriles is 1. The lowest BCUT2D eigenvalue weighted by Crippen LogP contribution is -1.77. The van der Waals surface area contributed by atoms with E-state index in [1.807, 2.05) is 66.7 Å². The van der Waals surface area contributed by atoms with Gasteiger partial charge < -0.3 is 4.42 Å². The van der Waals surface area contributed by atoms with E-state index in [1.54, 1.807) is 0 Å². The van der Waals surface area contributed by atoms with Gasteiger partial charge in [-0.3, -0.25) is 0 Å². The van der Waals surface area contributed by atoms with E-state index in [2.05, 4.69) is 18.2 Å². The summed E-state index contributed by atoms with van der Waals surface area (Å²) < 4.78 is 6.23. The van der Waals surface area contributed by atoms with Gasteiger partial charge in [-0.2, -0.15) is 5.26 Å². The number of furan rings is 1. The van der Waals surface area contributed by atoms with E-state index >= 15 is 0 Å². The highest BCUT2D eigenvalue weighted by atomic mass is 16.3. The van der Waals surface area contributed by atoms with Crippen LogP contribution in [0.4, 0.5) is 0 Å². The summed E-state index contributed by atoms with van der Waals surface area (Å²) in [5.41, 5.74) is 2.68. The van der Waals surface area contributed by atoms with Crippen LogP contribution in [0.1, 0.15) is 5.56 Å². The summed E-state index contributed by atoms with van der Waals surface area (Å²) in [5, 5.41) is 11.1. The number of hydrogen-bond acceptors (Lipinski definition) is 2. The fourth-order valence-corrected chi connectivity index (χ4v) is 2.81. The lowest BCUT2D eigenvalue weighted by Gasteiger charge is -1.99. The minimum atomic E-state index is 0.646. The van der Waals surface area contributed by atoms with Crippen molar-refractivity contribution in [1.82, 2.24) is 0 Å². The van der Waals surface area contributed by atoms with E-state index in [0.29, 0.717) is 5.56 Å². The van der Waals surface area contributed by atoms with Crippen LogP contribution in [0.3, 0.4) is 0 Å². The first kappa shape index (κ1) is 13.4. The molecule has 0 aliphatic rings. The summed E-state index contributed by atoms with van der Waals surface area (Å²) in [6.07, 6.45) is 0. The van der Waals surface area contributed by atoms with Gasteiger partial charge in [-0.05, 0) is 24.3 Å². The third-order valence-electron chi connectivity index (χ3n) is 3.93. The molecule has 1 aromatic heterocycles. The first-order valence-electron chi connectivity index (χ1n) is 7.44. The van der Waals surface area contributed by atoms with Crippen LogP contribution >= 0.6 is 0 Å². The molecule has 108 valence electrons.